The van der Waals surface area contributed by atoms with Gasteiger partial charge in [-0.2, -0.15) is 5.10 Å². The van der Waals surface area contributed by atoms with Crippen LogP contribution >= 0.6 is 11.6 Å². The van der Waals surface area contributed by atoms with Gasteiger partial charge in [0.1, 0.15) is 23.3 Å². The number of halogens is 2. The Bertz CT molecular complexity index is 912. The molecule has 7 heteroatoms. The molecule has 3 aromatic rings. The minimum absolute atomic E-state index is 0.0250. The second-order valence-electron chi connectivity index (χ2n) is 5.51. The number of nitrogens with zero attached hydrogens (tertiary/aromatic N) is 2. The highest BCUT2D eigenvalue weighted by Crippen LogP contribution is 2.24. The van der Waals surface area contributed by atoms with Crippen molar-refractivity contribution in [2.45, 2.75) is 13.5 Å². The van der Waals surface area contributed by atoms with Crippen molar-refractivity contribution in [3.05, 3.63) is 76.8 Å². The first kappa shape index (κ1) is 17.9. The molecule has 1 heterocycles. The minimum Gasteiger partial charge on any atom is -0.482 e. The Morgan fingerprint density at radius 3 is 2.69 bits per heavy atom. The Balaban J connectivity index is 1.61. The second kappa shape index (κ2) is 8.01. The molecule has 0 radical (unpaired) electrons. The van der Waals surface area contributed by atoms with Crippen molar-refractivity contribution in [3.63, 3.8) is 0 Å². The molecule has 0 aliphatic carbocycles. The summed E-state index contributed by atoms with van der Waals surface area (Å²) < 4.78 is 25.1. The average Bonchev–Trinajstić information content (AvgIpc) is 2.93. The molecule has 0 N–H and O–H groups in total. The Labute approximate surface area is 154 Å². The number of ether oxygens (including phenoxy) is 2. The van der Waals surface area contributed by atoms with Crippen molar-refractivity contribution in [3.8, 4) is 11.4 Å². The molecule has 0 saturated carbocycles. The van der Waals surface area contributed by atoms with E-state index in [1.807, 2.05) is 30.3 Å². The number of carbonyl (C=O) groups is 1. The molecule has 0 fully saturated rings. The Hall–Kier alpha value is -2.86. The second-order valence-corrected chi connectivity index (χ2v) is 5.87. The zero-order valence-corrected chi connectivity index (χ0v) is 14.7. The quantitative estimate of drug-likeness (QED) is 0.610. The standard InChI is InChI=1S/C19H16ClFN2O3/c1-13-17(19(20)23(22-13)15-7-3-2-4-8-15)11-26-18(24)12-25-16-9-5-6-14(21)10-16/h2-10H,11-12H2,1H3. The first-order valence-corrected chi connectivity index (χ1v) is 8.26. The van der Waals surface area contributed by atoms with Gasteiger partial charge in [0.25, 0.3) is 0 Å². The van der Waals surface area contributed by atoms with Crippen LogP contribution in [-0.2, 0) is 16.1 Å². The van der Waals surface area contributed by atoms with Crippen LogP contribution in [0.5, 0.6) is 5.75 Å². The van der Waals surface area contributed by atoms with Gasteiger partial charge in [-0.25, -0.2) is 13.9 Å². The van der Waals surface area contributed by atoms with Crippen LogP contribution < -0.4 is 4.74 Å². The van der Waals surface area contributed by atoms with Gasteiger partial charge in [0.15, 0.2) is 6.61 Å². The maximum atomic E-state index is 13.1. The lowest BCUT2D eigenvalue weighted by atomic mass is 10.3. The fraction of sp³-hybridized carbons (Fsp3) is 0.158. The van der Waals surface area contributed by atoms with Gasteiger partial charge in [-0.05, 0) is 31.2 Å². The number of aromatic nitrogens is 2. The zero-order valence-electron chi connectivity index (χ0n) is 14.0. The van der Waals surface area contributed by atoms with E-state index in [-0.39, 0.29) is 19.0 Å². The Morgan fingerprint density at radius 2 is 1.96 bits per heavy atom. The highest BCUT2D eigenvalue weighted by atomic mass is 35.5. The number of hydrogen-bond donors (Lipinski definition) is 0. The number of esters is 1. The van der Waals surface area contributed by atoms with E-state index in [4.69, 9.17) is 21.1 Å². The van der Waals surface area contributed by atoms with Gasteiger partial charge in [-0.15, -0.1) is 0 Å². The molecule has 26 heavy (non-hydrogen) atoms. The van der Waals surface area contributed by atoms with E-state index in [1.165, 1.54) is 18.2 Å². The summed E-state index contributed by atoms with van der Waals surface area (Å²) in [4.78, 5) is 11.9. The molecule has 0 bridgehead atoms. The van der Waals surface area contributed by atoms with E-state index in [9.17, 15) is 9.18 Å². The van der Waals surface area contributed by atoms with Crippen molar-refractivity contribution in [1.29, 1.82) is 0 Å². The number of carbonyl (C=O) groups excluding carboxylic acids is 1. The lowest BCUT2D eigenvalue weighted by Gasteiger charge is -2.07. The molecule has 0 spiro atoms. The number of benzene rings is 2. The van der Waals surface area contributed by atoms with E-state index >= 15 is 0 Å². The molecule has 0 aliphatic heterocycles. The molecule has 0 amide bonds. The Kier molecular flexibility index (Phi) is 5.53. The average molecular weight is 375 g/mol. The molecule has 0 aliphatic rings. The molecule has 5 nitrogen and oxygen atoms in total. The summed E-state index contributed by atoms with van der Waals surface area (Å²) in [6, 6.07) is 15.0. The topological polar surface area (TPSA) is 53.4 Å². The van der Waals surface area contributed by atoms with Gasteiger partial charge in [-0.1, -0.05) is 35.9 Å². The van der Waals surface area contributed by atoms with Crippen molar-refractivity contribution >= 4 is 17.6 Å². The van der Waals surface area contributed by atoms with E-state index in [2.05, 4.69) is 5.10 Å². The monoisotopic (exact) mass is 374 g/mol. The van der Waals surface area contributed by atoms with Crippen molar-refractivity contribution in [1.82, 2.24) is 9.78 Å². The lowest BCUT2D eigenvalue weighted by Crippen LogP contribution is -2.15. The molecule has 1 aromatic heterocycles. The van der Waals surface area contributed by atoms with E-state index in [0.29, 0.717) is 16.4 Å². The van der Waals surface area contributed by atoms with Crippen LogP contribution in [0.1, 0.15) is 11.3 Å². The summed E-state index contributed by atoms with van der Waals surface area (Å²) in [5.74, 6) is -0.767. The van der Waals surface area contributed by atoms with Gasteiger partial charge >= 0.3 is 5.97 Å². The van der Waals surface area contributed by atoms with Crippen molar-refractivity contribution < 1.29 is 18.7 Å². The predicted molar refractivity (Wildman–Crippen MR) is 95.0 cm³/mol. The summed E-state index contributed by atoms with van der Waals surface area (Å²) in [7, 11) is 0. The summed E-state index contributed by atoms with van der Waals surface area (Å²) in [6.45, 7) is 1.44. The normalized spacial score (nSPS) is 10.6. The molecule has 3 rings (SSSR count). The molecule has 134 valence electrons. The predicted octanol–water partition coefficient (Wildman–Crippen LogP) is 4.10. The summed E-state index contributed by atoms with van der Waals surface area (Å²) >= 11 is 6.37. The van der Waals surface area contributed by atoms with E-state index in [0.717, 1.165) is 5.69 Å². The molecular weight excluding hydrogens is 359 g/mol. The summed E-state index contributed by atoms with van der Waals surface area (Å²) in [5, 5.41) is 4.76. The molecular formula is C19H16ClFN2O3. The number of para-hydroxylation sites is 1. The largest absolute Gasteiger partial charge is 0.482 e. The van der Waals surface area contributed by atoms with Gasteiger partial charge < -0.3 is 9.47 Å². The maximum Gasteiger partial charge on any atom is 0.344 e. The first-order chi connectivity index (χ1) is 12.5. The van der Waals surface area contributed by atoms with Crippen molar-refractivity contribution in [2.75, 3.05) is 6.61 Å². The fourth-order valence-corrected chi connectivity index (χ4v) is 2.66. The molecule has 2 aromatic carbocycles. The van der Waals surface area contributed by atoms with Gasteiger partial charge in [0.2, 0.25) is 0 Å². The third kappa shape index (κ3) is 4.21. The van der Waals surface area contributed by atoms with Gasteiger partial charge in [0.05, 0.1) is 11.4 Å². The van der Waals surface area contributed by atoms with Crippen LogP contribution in [0.25, 0.3) is 5.69 Å². The zero-order chi connectivity index (χ0) is 18.5. The smallest absolute Gasteiger partial charge is 0.344 e. The number of rotatable bonds is 6. The van der Waals surface area contributed by atoms with Crippen molar-refractivity contribution in [2.24, 2.45) is 0 Å². The van der Waals surface area contributed by atoms with Crippen LogP contribution in [0.15, 0.2) is 54.6 Å². The van der Waals surface area contributed by atoms with Crippen LogP contribution in [-0.4, -0.2) is 22.4 Å². The van der Waals surface area contributed by atoms with E-state index in [1.54, 1.807) is 17.7 Å². The SMILES string of the molecule is Cc1nn(-c2ccccc2)c(Cl)c1COC(=O)COc1cccc(F)c1. The maximum absolute atomic E-state index is 13.1. The number of hydrogen-bond acceptors (Lipinski definition) is 4. The lowest BCUT2D eigenvalue weighted by molar-refractivity contribution is -0.147. The fourth-order valence-electron chi connectivity index (χ4n) is 2.33. The van der Waals surface area contributed by atoms with Gasteiger partial charge in [0, 0.05) is 11.6 Å². The third-order valence-corrected chi connectivity index (χ3v) is 4.04. The minimum atomic E-state index is -0.586. The molecule has 0 saturated heterocycles. The summed E-state index contributed by atoms with van der Waals surface area (Å²) in [5.41, 5.74) is 2.10. The first-order valence-electron chi connectivity index (χ1n) is 7.88. The highest BCUT2D eigenvalue weighted by molar-refractivity contribution is 6.30. The summed E-state index contributed by atoms with van der Waals surface area (Å²) in [6.07, 6.45) is 0. The molecule has 0 atom stereocenters. The highest BCUT2D eigenvalue weighted by Gasteiger charge is 2.16. The van der Waals surface area contributed by atoms with Crippen LogP contribution in [0, 0.1) is 12.7 Å². The molecule has 0 unspecified atom stereocenters. The van der Waals surface area contributed by atoms with Crippen LogP contribution in [0.3, 0.4) is 0 Å². The van der Waals surface area contributed by atoms with Crippen LogP contribution in [0.2, 0.25) is 5.15 Å². The van der Waals surface area contributed by atoms with E-state index < -0.39 is 11.8 Å². The number of aryl methyl sites for hydroxylation is 1. The third-order valence-electron chi connectivity index (χ3n) is 3.65. The van der Waals surface area contributed by atoms with Crippen LogP contribution in [0.4, 0.5) is 4.39 Å². The van der Waals surface area contributed by atoms with Gasteiger partial charge in [-0.3, -0.25) is 0 Å². The Morgan fingerprint density at radius 1 is 1.19 bits per heavy atom.